The molecule has 0 saturated heterocycles. The van der Waals surface area contributed by atoms with E-state index < -0.39 is 5.92 Å². The minimum atomic E-state index is -0.634. The van der Waals surface area contributed by atoms with Crippen LogP contribution in [0, 0.1) is 0 Å². The zero-order valence-corrected chi connectivity index (χ0v) is 13.7. The maximum absolute atomic E-state index is 12.5. The normalized spacial score (nSPS) is 16.0. The lowest BCUT2D eigenvalue weighted by Gasteiger charge is -2.10. The molecule has 0 fully saturated rings. The van der Waals surface area contributed by atoms with Crippen LogP contribution in [0.2, 0.25) is 10.0 Å². The Kier molecular flexibility index (Phi) is 4.28. The van der Waals surface area contributed by atoms with E-state index in [1.54, 1.807) is 43.5 Å². The van der Waals surface area contributed by atoms with Gasteiger partial charge in [0.2, 0.25) is 5.91 Å². The molecule has 4 nitrogen and oxygen atoms in total. The van der Waals surface area contributed by atoms with E-state index >= 15 is 0 Å². The molecular formula is C17H13Cl2NO3. The number of Topliss-reactive ketones (excluding diaryl/α,β-unsaturated/α-hetero) is 1. The molecule has 1 heterocycles. The second-order valence-corrected chi connectivity index (χ2v) is 6.03. The third-order valence-corrected chi connectivity index (χ3v) is 4.50. The fourth-order valence-electron chi connectivity index (χ4n) is 2.65. The summed E-state index contributed by atoms with van der Waals surface area (Å²) in [7, 11) is 1.56. The number of benzene rings is 2. The molecule has 2 aromatic rings. The predicted molar refractivity (Wildman–Crippen MR) is 89.8 cm³/mol. The number of rotatable bonds is 4. The molecule has 1 amide bonds. The summed E-state index contributed by atoms with van der Waals surface area (Å²) in [6.45, 7) is 0. The van der Waals surface area contributed by atoms with Crippen LogP contribution in [0.15, 0.2) is 36.4 Å². The van der Waals surface area contributed by atoms with Crippen LogP contribution in [0.25, 0.3) is 0 Å². The number of anilines is 1. The Morgan fingerprint density at radius 3 is 2.43 bits per heavy atom. The summed E-state index contributed by atoms with van der Waals surface area (Å²) in [4.78, 5) is 24.7. The average molecular weight is 350 g/mol. The van der Waals surface area contributed by atoms with Crippen LogP contribution in [0.4, 0.5) is 5.69 Å². The Labute approximate surface area is 143 Å². The zero-order valence-electron chi connectivity index (χ0n) is 12.2. The molecule has 2 aromatic carbocycles. The van der Waals surface area contributed by atoms with Gasteiger partial charge in [0.05, 0.1) is 23.7 Å². The molecule has 0 spiro atoms. The van der Waals surface area contributed by atoms with Crippen LogP contribution in [-0.2, 0) is 4.79 Å². The summed E-state index contributed by atoms with van der Waals surface area (Å²) in [6.07, 6.45) is 0.0330. The van der Waals surface area contributed by atoms with Crippen LogP contribution in [0.1, 0.15) is 28.3 Å². The highest BCUT2D eigenvalue weighted by Gasteiger charge is 2.35. The van der Waals surface area contributed by atoms with Crippen molar-refractivity contribution in [2.24, 2.45) is 0 Å². The van der Waals surface area contributed by atoms with Crippen molar-refractivity contribution < 1.29 is 14.3 Å². The topological polar surface area (TPSA) is 55.4 Å². The van der Waals surface area contributed by atoms with Crippen molar-refractivity contribution in [1.29, 1.82) is 0 Å². The van der Waals surface area contributed by atoms with Gasteiger partial charge in [-0.1, -0.05) is 23.2 Å². The Morgan fingerprint density at radius 1 is 1.13 bits per heavy atom. The molecule has 0 aliphatic carbocycles. The SMILES string of the molecule is COc1ccc(C(=O)CC2C(=O)Nc3c(Cl)ccc(Cl)c32)cc1. The monoisotopic (exact) mass is 349 g/mol. The smallest absolute Gasteiger partial charge is 0.232 e. The maximum Gasteiger partial charge on any atom is 0.232 e. The van der Waals surface area contributed by atoms with Gasteiger partial charge in [-0.05, 0) is 36.4 Å². The van der Waals surface area contributed by atoms with Crippen molar-refractivity contribution in [1.82, 2.24) is 0 Å². The second kappa shape index (κ2) is 6.22. The largest absolute Gasteiger partial charge is 0.497 e. The Balaban J connectivity index is 1.87. The molecule has 23 heavy (non-hydrogen) atoms. The molecule has 0 bridgehead atoms. The highest BCUT2D eigenvalue weighted by molar-refractivity contribution is 6.38. The van der Waals surface area contributed by atoms with Crippen molar-refractivity contribution in [2.75, 3.05) is 12.4 Å². The van der Waals surface area contributed by atoms with Crippen molar-refractivity contribution >= 4 is 40.6 Å². The highest BCUT2D eigenvalue weighted by atomic mass is 35.5. The summed E-state index contributed by atoms with van der Waals surface area (Å²) >= 11 is 12.3. The summed E-state index contributed by atoms with van der Waals surface area (Å²) in [6, 6.07) is 10.0. The number of amides is 1. The van der Waals surface area contributed by atoms with E-state index in [0.29, 0.717) is 32.6 Å². The lowest BCUT2D eigenvalue weighted by molar-refractivity contribution is -0.117. The van der Waals surface area contributed by atoms with Gasteiger partial charge < -0.3 is 10.1 Å². The van der Waals surface area contributed by atoms with Crippen LogP contribution in [0.5, 0.6) is 5.75 Å². The van der Waals surface area contributed by atoms with Crippen molar-refractivity contribution in [3.8, 4) is 5.75 Å². The Bertz CT molecular complexity index is 787. The molecular weight excluding hydrogens is 337 g/mol. The van der Waals surface area contributed by atoms with Gasteiger partial charge in [0.25, 0.3) is 0 Å². The zero-order chi connectivity index (χ0) is 16.6. The van der Waals surface area contributed by atoms with Gasteiger partial charge >= 0.3 is 0 Å². The van der Waals surface area contributed by atoms with Gasteiger partial charge in [-0.2, -0.15) is 0 Å². The first-order valence-corrected chi connectivity index (χ1v) is 7.73. The lowest BCUT2D eigenvalue weighted by atomic mass is 9.92. The van der Waals surface area contributed by atoms with E-state index in [-0.39, 0.29) is 18.1 Å². The minimum absolute atomic E-state index is 0.0330. The van der Waals surface area contributed by atoms with E-state index in [9.17, 15) is 9.59 Å². The predicted octanol–water partition coefficient (Wildman–Crippen LogP) is 4.31. The minimum Gasteiger partial charge on any atom is -0.497 e. The first-order chi connectivity index (χ1) is 11.0. The van der Waals surface area contributed by atoms with Gasteiger partial charge in [0.15, 0.2) is 5.78 Å². The summed E-state index contributed by atoms with van der Waals surface area (Å²) in [5.74, 6) is -0.375. The molecule has 6 heteroatoms. The third-order valence-electron chi connectivity index (χ3n) is 3.86. The number of halogens is 2. The number of hydrogen-bond acceptors (Lipinski definition) is 3. The van der Waals surface area contributed by atoms with Crippen molar-refractivity contribution in [3.05, 3.63) is 57.6 Å². The summed E-state index contributed by atoms with van der Waals surface area (Å²) < 4.78 is 5.07. The highest BCUT2D eigenvalue weighted by Crippen LogP contribution is 2.43. The van der Waals surface area contributed by atoms with E-state index in [0.717, 1.165) is 0 Å². The van der Waals surface area contributed by atoms with E-state index in [1.165, 1.54) is 0 Å². The molecule has 1 aliphatic rings. The van der Waals surface area contributed by atoms with Gasteiger partial charge in [0, 0.05) is 22.6 Å². The molecule has 1 aliphatic heterocycles. The summed E-state index contributed by atoms with van der Waals surface area (Å²) in [5, 5.41) is 3.54. The number of ketones is 1. The van der Waals surface area contributed by atoms with E-state index in [4.69, 9.17) is 27.9 Å². The molecule has 3 rings (SSSR count). The fraction of sp³-hybridized carbons (Fsp3) is 0.176. The number of nitrogens with one attached hydrogen (secondary N) is 1. The number of hydrogen-bond donors (Lipinski definition) is 1. The van der Waals surface area contributed by atoms with E-state index in [1.807, 2.05) is 0 Å². The van der Waals surface area contributed by atoms with Crippen LogP contribution in [0.3, 0.4) is 0 Å². The van der Waals surface area contributed by atoms with Crippen molar-refractivity contribution in [3.63, 3.8) is 0 Å². The standard InChI is InChI=1S/C17H13Cl2NO3/c1-23-10-4-2-9(3-5-10)14(21)8-11-15-12(18)6-7-13(19)16(15)20-17(11)22/h2-7,11H,8H2,1H3,(H,20,22). The van der Waals surface area contributed by atoms with Crippen molar-refractivity contribution in [2.45, 2.75) is 12.3 Å². The van der Waals surface area contributed by atoms with E-state index in [2.05, 4.69) is 5.32 Å². The summed E-state index contributed by atoms with van der Waals surface area (Å²) in [5.41, 5.74) is 1.60. The first-order valence-electron chi connectivity index (χ1n) is 6.97. The van der Waals surface area contributed by atoms with Crippen LogP contribution in [-0.4, -0.2) is 18.8 Å². The Morgan fingerprint density at radius 2 is 1.78 bits per heavy atom. The van der Waals surface area contributed by atoms with Crippen LogP contribution < -0.4 is 10.1 Å². The molecule has 1 N–H and O–H groups in total. The molecule has 1 atom stereocenters. The van der Waals surface area contributed by atoms with Crippen LogP contribution >= 0.6 is 23.2 Å². The number of fused-ring (bicyclic) bond motifs is 1. The molecule has 0 saturated carbocycles. The number of methoxy groups -OCH3 is 1. The Hall–Kier alpha value is -2.04. The average Bonchev–Trinajstić information content (AvgIpc) is 2.89. The van der Waals surface area contributed by atoms with Gasteiger partial charge in [-0.25, -0.2) is 0 Å². The third kappa shape index (κ3) is 2.92. The lowest BCUT2D eigenvalue weighted by Crippen LogP contribution is -2.16. The molecule has 1 unspecified atom stereocenters. The number of carbonyl (C=O) groups excluding carboxylic acids is 2. The second-order valence-electron chi connectivity index (χ2n) is 5.22. The quantitative estimate of drug-likeness (QED) is 0.836. The van der Waals surface area contributed by atoms with Gasteiger partial charge in [0.1, 0.15) is 5.75 Å². The van der Waals surface area contributed by atoms with Gasteiger partial charge in [-0.15, -0.1) is 0 Å². The molecule has 0 aromatic heterocycles. The fourth-order valence-corrected chi connectivity index (χ4v) is 3.15. The first kappa shape index (κ1) is 15.8. The maximum atomic E-state index is 12.5. The number of ether oxygens (including phenoxy) is 1. The number of carbonyl (C=O) groups is 2. The molecule has 0 radical (unpaired) electrons. The van der Waals surface area contributed by atoms with Gasteiger partial charge in [-0.3, -0.25) is 9.59 Å². The molecule has 118 valence electrons.